The number of ether oxygens (including phenoxy) is 2. The summed E-state index contributed by atoms with van der Waals surface area (Å²) in [5.41, 5.74) is 4.65. The van der Waals surface area contributed by atoms with Gasteiger partial charge >= 0.3 is 0 Å². The molecule has 1 saturated heterocycles. The monoisotopic (exact) mass is 536 g/mol. The van der Waals surface area contributed by atoms with E-state index in [1.807, 2.05) is 48.5 Å². The van der Waals surface area contributed by atoms with Gasteiger partial charge in [0.15, 0.2) is 11.5 Å². The lowest BCUT2D eigenvalue weighted by Gasteiger charge is -2.31. The third-order valence-corrected chi connectivity index (χ3v) is 8.08. The maximum atomic E-state index is 14.3. The van der Waals surface area contributed by atoms with E-state index < -0.39 is 0 Å². The molecule has 0 spiro atoms. The first-order valence-corrected chi connectivity index (χ1v) is 14.1. The number of amides is 1. The molecule has 0 radical (unpaired) electrons. The van der Waals surface area contributed by atoms with E-state index in [2.05, 4.69) is 60.3 Å². The molecule has 2 aliphatic rings. The van der Waals surface area contributed by atoms with Crippen LogP contribution in [-0.4, -0.2) is 59.7 Å². The van der Waals surface area contributed by atoms with Gasteiger partial charge in [0.1, 0.15) is 5.82 Å². The van der Waals surface area contributed by atoms with Gasteiger partial charge in [-0.15, -0.1) is 0 Å². The van der Waals surface area contributed by atoms with Crippen molar-refractivity contribution < 1.29 is 14.3 Å². The molecule has 3 heterocycles. The molecule has 3 aromatic carbocycles. The summed E-state index contributed by atoms with van der Waals surface area (Å²) in [5, 5.41) is 4.31. The Morgan fingerprint density at radius 2 is 1.80 bits per heavy atom. The smallest absolute Gasteiger partial charge is 0.254 e. The number of hydrogen-bond acceptors (Lipinski definition) is 6. The van der Waals surface area contributed by atoms with E-state index in [1.54, 1.807) is 0 Å². The fraction of sp³-hybridized carbons (Fsp3) is 0.333. The van der Waals surface area contributed by atoms with Crippen LogP contribution < -0.4 is 14.8 Å². The van der Waals surface area contributed by atoms with Crippen molar-refractivity contribution in [1.82, 2.24) is 14.8 Å². The maximum Gasteiger partial charge on any atom is 0.254 e. The Morgan fingerprint density at radius 3 is 2.62 bits per heavy atom. The van der Waals surface area contributed by atoms with Crippen molar-refractivity contribution >= 4 is 22.6 Å². The largest absolute Gasteiger partial charge is 0.454 e. The summed E-state index contributed by atoms with van der Waals surface area (Å²) < 4.78 is 11.1. The maximum absolute atomic E-state index is 14.3. The third kappa shape index (κ3) is 5.34. The van der Waals surface area contributed by atoms with E-state index in [1.165, 1.54) is 0 Å². The molecule has 206 valence electrons. The number of likely N-dealkylation sites (N-methyl/N-ethyl adjacent to an activating group) is 1. The van der Waals surface area contributed by atoms with Gasteiger partial charge in [-0.05, 0) is 80.8 Å². The molecule has 1 fully saturated rings. The van der Waals surface area contributed by atoms with Crippen LogP contribution in [0.15, 0.2) is 72.8 Å². The second kappa shape index (κ2) is 11.2. The van der Waals surface area contributed by atoms with Gasteiger partial charge in [-0.2, -0.15) is 0 Å². The molecule has 1 aromatic heterocycles. The molecule has 0 bridgehead atoms. The number of hydrogen-bond donors (Lipinski definition) is 1. The van der Waals surface area contributed by atoms with Gasteiger partial charge in [0, 0.05) is 37.1 Å². The van der Waals surface area contributed by atoms with Gasteiger partial charge in [-0.1, -0.05) is 42.5 Å². The van der Waals surface area contributed by atoms with Gasteiger partial charge < -0.3 is 24.6 Å². The van der Waals surface area contributed by atoms with E-state index in [4.69, 9.17) is 14.5 Å². The molecule has 6 rings (SSSR count). The molecular weight excluding hydrogens is 500 g/mol. The topological polar surface area (TPSA) is 66.9 Å². The SMILES string of the molecule is CC(C)N(C)C[C@@H]1CCCN1C(=O)c1cc(NCc2ccccc2)nc2ccc(-c3ccc4c(c3)OCO4)cc12. The number of aromatic nitrogens is 1. The number of rotatable bonds is 8. The summed E-state index contributed by atoms with van der Waals surface area (Å²) in [4.78, 5) is 23.6. The van der Waals surface area contributed by atoms with Gasteiger partial charge in [0.25, 0.3) is 5.91 Å². The molecule has 0 unspecified atom stereocenters. The fourth-order valence-electron chi connectivity index (χ4n) is 5.53. The minimum absolute atomic E-state index is 0.0673. The van der Waals surface area contributed by atoms with Crippen LogP contribution in [0.5, 0.6) is 11.5 Å². The van der Waals surface area contributed by atoms with Gasteiger partial charge in [0.05, 0.1) is 11.1 Å². The van der Waals surface area contributed by atoms with Crippen LogP contribution in [-0.2, 0) is 6.54 Å². The van der Waals surface area contributed by atoms with E-state index in [-0.39, 0.29) is 18.7 Å². The van der Waals surface area contributed by atoms with Crippen LogP contribution in [0, 0.1) is 0 Å². The number of fused-ring (bicyclic) bond motifs is 2. The number of nitrogens with one attached hydrogen (secondary N) is 1. The summed E-state index contributed by atoms with van der Waals surface area (Å²) in [6.07, 6.45) is 2.04. The Morgan fingerprint density at radius 1 is 1.02 bits per heavy atom. The van der Waals surface area contributed by atoms with Crippen molar-refractivity contribution in [2.24, 2.45) is 0 Å². The standard InChI is InChI=1S/C33H36N4O3/c1-22(2)36(3)20-26-10-7-15-37(26)33(38)28-18-32(34-19-23-8-5-4-6-9-23)35-29-13-11-24(16-27(28)29)25-12-14-30-31(17-25)40-21-39-30/h4-6,8-9,11-14,16-18,22,26H,7,10,15,19-21H2,1-3H3,(H,34,35)/t26-/m0/s1. The number of likely N-dealkylation sites (tertiary alicyclic amines) is 1. The number of carbonyl (C=O) groups is 1. The summed E-state index contributed by atoms with van der Waals surface area (Å²) in [7, 11) is 2.14. The Labute approximate surface area is 235 Å². The zero-order valence-corrected chi connectivity index (χ0v) is 23.4. The number of anilines is 1. The van der Waals surface area contributed by atoms with E-state index >= 15 is 0 Å². The van der Waals surface area contributed by atoms with Crippen molar-refractivity contribution in [2.75, 3.05) is 32.2 Å². The van der Waals surface area contributed by atoms with Crippen LogP contribution in [0.25, 0.3) is 22.0 Å². The minimum Gasteiger partial charge on any atom is -0.454 e. The molecule has 4 aromatic rings. The zero-order valence-electron chi connectivity index (χ0n) is 23.4. The molecule has 2 aliphatic heterocycles. The van der Waals surface area contributed by atoms with Gasteiger partial charge in [0.2, 0.25) is 6.79 Å². The Hall–Kier alpha value is -4.10. The van der Waals surface area contributed by atoms with E-state index in [9.17, 15) is 4.79 Å². The number of carbonyl (C=O) groups excluding carboxylic acids is 1. The van der Waals surface area contributed by atoms with Gasteiger partial charge in [-0.25, -0.2) is 4.98 Å². The van der Waals surface area contributed by atoms with Crippen LogP contribution in [0.4, 0.5) is 5.82 Å². The first-order valence-electron chi connectivity index (χ1n) is 14.1. The second-order valence-electron chi connectivity index (χ2n) is 11.0. The Kier molecular flexibility index (Phi) is 7.30. The lowest BCUT2D eigenvalue weighted by molar-refractivity contribution is 0.0701. The highest BCUT2D eigenvalue weighted by molar-refractivity contribution is 6.08. The first-order chi connectivity index (χ1) is 19.5. The molecule has 1 atom stereocenters. The summed E-state index contributed by atoms with van der Waals surface area (Å²) in [5.74, 6) is 2.26. The van der Waals surface area contributed by atoms with Crippen molar-refractivity contribution in [1.29, 1.82) is 0 Å². The lowest BCUT2D eigenvalue weighted by atomic mass is 9.99. The average Bonchev–Trinajstić information content (AvgIpc) is 3.64. The van der Waals surface area contributed by atoms with E-state index in [0.717, 1.165) is 65.0 Å². The molecule has 1 amide bonds. The van der Waals surface area contributed by atoms with Crippen molar-refractivity contribution in [2.45, 2.75) is 45.3 Å². The predicted octanol–water partition coefficient (Wildman–Crippen LogP) is 6.19. The minimum atomic E-state index is 0.0673. The van der Waals surface area contributed by atoms with Crippen molar-refractivity contribution in [3.8, 4) is 22.6 Å². The first kappa shape index (κ1) is 26.1. The number of pyridine rings is 1. The second-order valence-corrected chi connectivity index (χ2v) is 11.0. The third-order valence-electron chi connectivity index (χ3n) is 8.08. The van der Waals surface area contributed by atoms with Crippen LogP contribution in [0.2, 0.25) is 0 Å². The fourth-order valence-corrected chi connectivity index (χ4v) is 5.53. The van der Waals surface area contributed by atoms with Crippen LogP contribution >= 0.6 is 0 Å². The molecule has 0 aliphatic carbocycles. The quantitative estimate of drug-likeness (QED) is 0.290. The molecule has 7 heteroatoms. The normalized spacial score (nSPS) is 16.3. The Bertz CT molecular complexity index is 1520. The van der Waals surface area contributed by atoms with Crippen LogP contribution in [0.3, 0.4) is 0 Å². The van der Waals surface area contributed by atoms with Crippen molar-refractivity contribution in [3.05, 3.63) is 83.9 Å². The molecule has 40 heavy (non-hydrogen) atoms. The molecular formula is C33H36N4O3. The lowest BCUT2D eigenvalue weighted by Crippen LogP contribution is -2.44. The van der Waals surface area contributed by atoms with E-state index in [0.29, 0.717) is 24.0 Å². The summed E-state index contributed by atoms with van der Waals surface area (Å²) in [6, 6.07) is 24.9. The molecule has 0 saturated carbocycles. The highest BCUT2D eigenvalue weighted by Gasteiger charge is 2.32. The summed E-state index contributed by atoms with van der Waals surface area (Å²) >= 11 is 0. The summed E-state index contributed by atoms with van der Waals surface area (Å²) in [6.45, 7) is 6.90. The molecule has 1 N–H and O–H groups in total. The highest BCUT2D eigenvalue weighted by atomic mass is 16.7. The number of benzene rings is 3. The average molecular weight is 537 g/mol. The van der Waals surface area contributed by atoms with Gasteiger partial charge in [-0.3, -0.25) is 4.79 Å². The predicted molar refractivity (Wildman–Crippen MR) is 159 cm³/mol. The van der Waals surface area contributed by atoms with Crippen LogP contribution in [0.1, 0.15) is 42.6 Å². The zero-order chi connectivity index (χ0) is 27.6. The van der Waals surface area contributed by atoms with Crippen molar-refractivity contribution in [3.63, 3.8) is 0 Å². The molecule has 7 nitrogen and oxygen atoms in total. The number of nitrogens with zero attached hydrogens (tertiary/aromatic N) is 3. The highest BCUT2D eigenvalue weighted by Crippen LogP contribution is 2.37. The Balaban J connectivity index is 1.38.